The molecule has 1 aromatic heterocycles. The van der Waals surface area contributed by atoms with Crippen molar-refractivity contribution in [2.75, 3.05) is 0 Å². The molecule has 17 heavy (non-hydrogen) atoms. The van der Waals surface area contributed by atoms with E-state index in [-0.39, 0.29) is 0 Å². The number of rotatable bonds is 3. The van der Waals surface area contributed by atoms with Crippen molar-refractivity contribution in [3.05, 3.63) is 40.7 Å². The third-order valence-corrected chi connectivity index (χ3v) is 3.11. The summed E-state index contributed by atoms with van der Waals surface area (Å²) < 4.78 is 1.88. The van der Waals surface area contributed by atoms with Crippen molar-refractivity contribution in [3.63, 3.8) is 0 Å². The summed E-state index contributed by atoms with van der Waals surface area (Å²) in [6, 6.07) is 6.30. The molecule has 1 heterocycles. The van der Waals surface area contributed by atoms with Crippen molar-refractivity contribution in [2.45, 2.75) is 33.7 Å². The first-order valence-corrected chi connectivity index (χ1v) is 5.88. The number of nitrogens with two attached hydrogens (primary N) is 1. The Kier molecular flexibility index (Phi) is 3.24. The zero-order valence-corrected chi connectivity index (χ0v) is 10.6. The van der Waals surface area contributed by atoms with Gasteiger partial charge in [-0.3, -0.25) is 0 Å². The van der Waals surface area contributed by atoms with E-state index in [1.807, 2.05) is 4.68 Å². The van der Waals surface area contributed by atoms with Crippen LogP contribution in [0.1, 0.15) is 29.4 Å². The van der Waals surface area contributed by atoms with Crippen LogP contribution in [0.25, 0.3) is 5.69 Å². The molecule has 2 N–H and O–H groups in total. The van der Waals surface area contributed by atoms with Gasteiger partial charge >= 0.3 is 0 Å². The fourth-order valence-corrected chi connectivity index (χ4v) is 1.91. The topological polar surface area (TPSA) is 56.7 Å². The zero-order chi connectivity index (χ0) is 12.4. The minimum atomic E-state index is 0.439. The highest BCUT2D eigenvalue weighted by Crippen LogP contribution is 2.16. The third-order valence-electron chi connectivity index (χ3n) is 3.11. The van der Waals surface area contributed by atoms with Crippen molar-refractivity contribution in [2.24, 2.45) is 5.73 Å². The summed E-state index contributed by atoms with van der Waals surface area (Å²) in [5.74, 6) is 0. The maximum Gasteiger partial charge on any atom is 0.0999 e. The molecular formula is C13H18N4. The molecule has 0 bridgehead atoms. The van der Waals surface area contributed by atoms with Gasteiger partial charge in [0.1, 0.15) is 0 Å². The molecule has 90 valence electrons. The molecule has 0 atom stereocenters. The van der Waals surface area contributed by atoms with Crippen LogP contribution in [0.15, 0.2) is 18.2 Å². The summed E-state index contributed by atoms with van der Waals surface area (Å²) in [6.45, 7) is 6.74. The summed E-state index contributed by atoms with van der Waals surface area (Å²) in [7, 11) is 0. The molecular weight excluding hydrogens is 212 g/mol. The van der Waals surface area contributed by atoms with Crippen LogP contribution >= 0.6 is 0 Å². The van der Waals surface area contributed by atoms with E-state index in [1.165, 1.54) is 11.1 Å². The predicted molar refractivity (Wildman–Crippen MR) is 68.1 cm³/mol. The number of nitrogens with zero attached hydrogens (tertiary/aromatic N) is 3. The van der Waals surface area contributed by atoms with Gasteiger partial charge in [0.2, 0.25) is 0 Å². The van der Waals surface area contributed by atoms with E-state index < -0.39 is 0 Å². The van der Waals surface area contributed by atoms with Crippen LogP contribution in [0, 0.1) is 13.8 Å². The van der Waals surface area contributed by atoms with Gasteiger partial charge in [0.15, 0.2) is 0 Å². The monoisotopic (exact) mass is 230 g/mol. The van der Waals surface area contributed by atoms with Crippen LogP contribution in [0.5, 0.6) is 0 Å². The Morgan fingerprint density at radius 3 is 2.59 bits per heavy atom. The molecule has 0 unspecified atom stereocenters. The molecule has 1 aromatic carbocycles. The number of hydrogen-bond acceptors (Lipinski definition) is 3. The highest BCUT2D eigenvalue weighted by Gasteiger charge is 2.11. The molecule has 0 amide bonds. The largest absolute Gasteiger partial charge is 0.325 e. The molecule has 0 saturated carbocycles. The quantitative estimate of drug-likeness (QED) is 0.876. The lowest BCUT2D eigenvalue weighted by Crippen LogP contribution is -2.05. The Bertz CT molecular complexity index is 528. The second-order valence-corrected chi connectivity index (χ2v) is 4.22. The van der Waals surface area contributed by atoms with Gasteiger partial charge in [-0.15, -0.1) is 5.10 Å². The Balaban J connectivity index is 2.52. The lowest BCUT2D eigenvalue weighted by atomic mass is 10.1. The van der Waals surface area contributed by atoms with Gasteiger partial charge in [-0.2, -0.15) is 0 Å². The Morgan fingerprint density at radius 2 is 2.00 bits per heavy atom. The molecule has 2 aromatic rings. The number of aromatic nitrogens is 3. The third kappa shape index (κ3) is 2.08. The fraction of sp³-hybridized carbons (Fsp3) is 0.385. The van der Waals surface area contributed by atoms with Crippen LogP contribution in [-0.4, -0.2) is 15.0 Å². The first-order valence-electron chi connectivity index (χ1n) is 5.88. The van der Waals surface area contributed by atoms with Gasteiger partial charge in [0.05, 0.1) is 17.1 Å². The summed E-state index contributed by atoms with van der Waals surface area (Å²) in [5, 5.41) is 8.31. The first-order chi connectivity index (χ1) is 8.17. The molecule has 0 radical (unpaired) electrons. The van der Waals surface area contributed by atoms with E-state index in [9.17, 15) is 0 Å². The molecule has 0 aliphatic carbocycles. The van der Waals surface area contributed by atoms with E-state index in [1.54, 1.807) is 0 Å². The second-order valence-electron chi connectivity index (χ2n) is 4.22. The van der Waals surface area contributed by atoms with E-state index in [0.29, 0.717) is 6.54 Å². The first kappa shape index (κ1) is 11.8. The SMILES string of the molecule is CCc1c(CN)nnn1-c1ccc(C)c(C)c1. The Hall–Kier alpha value is -1.68. The van der Waals surface area contributed by atoms with Crippen LogP contribution < -0.4 is 5.73 Å². The molecule has 4 heteroatoms. The van der Waals surface area contributed by atoms with E-state index >= 15 is 0 Å². The van der Waals surface area contributed by atoms with E-state index in [0.717, 1.165) is 23.5 Å². The maximum atomic E-state index is 5.66. The van der Waals surface area contributed by atoms with Crippen LogP contribution in [0.2, 0.25) is 0 Å². The molecule has 0 fully saturated rings. The summed E-state index contributed by atoms with van der Waals surface area (Å²) in [6.07, 6.45) is 0.881. The maximum absolute atomic E-state index is 5.66. The van der Waals surface area contributed by atoms with Gasteiger partial charge < -0.3 is 5.73 Å². The fourth-order valence-electron chi connectivity index (χ4n) is 1.91. The summed E-state index contributed by atoms with van der Waals surface area (Å²) in [5.41, 5.74) is 11.2. The lowest BCUT2D eigenvalue weighted by Gasteiger charge is -2.08. The van der Waals surface area contributed by atoms with Gasteiger partial charge in [-0.25, -0.2) is 4.68 Å². The lowest BCUT2D eigenvalue weighted by molar-refractivity contribution is 0.766. The highest BCUT2D eigenvalue weighted by atomic mass is 15.4. The molecule has 0 aliphatic rings. The Morgan fingerprint density at radius 1 is 1.24 bits per heavy atom. The number of aryl methyl sites for hydroxylation is 2. The summed E-state index contributed by atoms with van der Waals surface area (Å²) in [4.78, 5) is 0. The van der Waals surface area contributed by atoms with Crippen molar-refractivity contribution in [3.8, 4) is 5.69 Å². The standard InChI is InChI=1S/C13H18N4/c1-4-13-12(8-14)15-16-17(13)11-6-5-9(2)10(3)7-11/h5-7H,4,8,14H2,1-3H3. The van der Waals surface area contributed by atoms with Crippen LogP contribution in [0.4, 0.5) is 0 Å². The van der Waals surface area contributed by atoms with E-state index in [2.05, 4.69) is 49.3 Å². The van der Waals surface area contributed by atoms with Gasteiger partial charge in [-0.05, 0) is 43.5 Å². The molecule has 0 saturated heterocycles. The normalized spacial score (nSPS) is 10.8. The van der Waals surface area contributed by atoms with Crippen molar-refractivity contribution in [1.29, 1.82) is 0 Å². The van der Waals surface area contributed by atoms with Crippen molar-refractivity contribution in [1.82, 2.24) is 15.0 Å². The molecule has 2 rings (SSSR count). The highest BCUT2D eigenvalue weighted by molar-refractivity contribution is 5.40. The van der Waals surface area contributed by atoms with Crippen LogP contribution in [0.3, 0.4) is 0 Å². The van der Waals surface area contributed by atoms with Gasteiger partial charge in [0, 0.05) is 6.54 Å². The predicted octanol–water partition coefficient (Wildman–Crippen LogP) is 1.91. The van der Waals surface area contributed by atoms with Gasteiger partial charge in [0.25, 0.3) is 0 Å². The minimum Gasteiger partial charge on any atom is -0.325 e. The molecule has 4 nitrogen and oxygen atoms in total. The minimum absolute atomic E-state index is 0.439. The molecule has 0 aliphatic heterocycles. The number of benzene rings is 1. The average Bonchev–Trinajstić information content (AvgIpc) is 2.75. The smallest absolute Gasteiger partial charge is 0.0999 e. The Labute approximate surface area is 101 Å². The van der Waals surface area contributed by atoms with Crippen LogP contribution in [-0.2, 0) is 13.0 Å². The average molecular weight is 230 g/mol. The number of hydrogen-bond donors (Lipinski definition) is 1. The van der Waals surface area contributed by atoms with Crippen molar-refractivity contribution >= 4 is 0 Å². The van der Waals surface area contributed by atoms with E-state index in [4.69, 9.17) is 5.73 Å². The molecule has 0 spiro atoms. The zero-order valence-electron chi connectivity index (χ0n) is 10.6. The summed E-state index contributed by atoms with van der Waals surface area (Å²) >= 11 is 0. The second kappa shape index (κ2) is 4.67. The van der Waals surface area contributed by atoms with Gasteiger partial charge in [-0.1, -0.05) is 18.2 Å². The van der Waals surface area contributed by atoms with Crippen molar-refractivity contribution < 1.29 is 0 Å².